The molecule has 0 bridgehead atoms. The van der Waals surface area contributed by atoms with Gasteiger partial charge in [-0.25, -0.2) is 0 Å². The summed E-state index contributed by atoms with van der Waals surface area (Å²) in [7, 11) is 0. The summed E-state index contributed by atoms with van der Waals surface area (Å²) in [6.45, 7) is 2.31. The van der Waals surface area contributed by atoms with Crippen LogP contribution in [0.5, 0.6) is 0 Å². The summed E-state index contributed by atoms with van der Waals surface area (Å²) in [5, 5.41) is 13.6. The minimum atomic E-state index is -0.423. The van der Waals surface area contributed by atoms with Crippen molar-refractivity contribution in [1.82, 2.24) is 9.88 Å². The van der Waals surface area contributed by atoms with Crippen LogP contribution >= 0.6 is 0 Å². The van der Waals surface area contributed by atoms with Crippen LogP contribution in [-0.2, 0) is 0 Å². The van der Waals surface area contributed by atoms with Crippen molar-refractivity contribution >= 4 is 28.9 Å². The van der Waals surface area contributed by atoms with Gasteiger partial charge in [0, 0.05) is 67.6 Å². The first-order chi connectivity index (χ1) is 15.5. The van der Waals surface area contributed by atoms with Crippen LogP contribution in [0.15, 0.2) is 73.1 Å². The quantitative estimate of drug-likeness (QED) is 0.491. The summed E-state index contributed by atoms with van der Waals surface area (Å²) in [5.41, 5.74) is 2.42. The molecule has 0 atom stereocenters. The number of hydrogen-bond donors (Lipinski definition) is 1. The zero-order valence-electron chi connectivity index (χ0n) is 17.2. The van der Waals surface area contributed by atoms with E-state index >= 15 is 0 Å². The second-order valence-corrected chi connectivity index (χ2v) is 7.33. The highest BCUT2D eigenvalue weighted by Crippen LogP contribution is 2.21. The number of hydrogen-bond acceptors (Lipinski definition) is 6. The number of benzene rings is 2. The number of nitro groups is 1. The zero-order valence-corrected chi connectivity index (χ0v) is 17.2. The number of piperazine rings is 1. The van der Waals surface area contributed by atoms with Crippen molar-refractivity contribution in [1.29, 1.82) is 0 Å². The van der Waals surface area contributed by atoms with Gasteiger partial charge in [0.25, 0.3) is 17.5 Å². The average Bonchev–Trinajstić information content (AvgIpc) is 2.84. The minimum absolute atomic E-state index is 0.0538. The molecule has 32 heavy (non-hydrogen) atoms. The molecule has 9 nitrogen and oxygen atoms in total. The highest BCUT2D eigenvalue weighted by Gasteiger charge is 2.23. The lowest BCUT2D eigenvalue weighted by atomic mass is 10.1. The van der Waals surface area contributed by atoms with Crippen LogP contribution in [0.4, 0.5) is 17.1 Å². The zero-order chi connectivity index (χ0) is 22.5. The highest BCUT2D eigenvalue weighted by atomic mass is 16.6. The molecule has 1 aromatic heterocycles. The van der Waals surface area contributed by atoms with E-state index < -0.39 is 4.92 Å². The molecule has 2 aromatic carbocycles. The number of nitro benzene ring substituents is 1. The van der Waals surface area contributed by atoms with Gasteiger partial charge in [0.2, 0.25) is 0 Å². The van der Waals surface area contributed by atoms with E-state index in [1.54, 1.807) is 59.6 Å². The molecule has 2 amide bonds. The maximum atomic E-state index is 13.0. The molecule has 0 radical (unpaired) electrons. The summed E-state index contributed by atoms with van der Waals surface area (Å²) >= 11 is 0. The molecular weight excluding hydrogens is 410 g/mol. The fraction of sp³-hybridized carbons (Fsp3) is 0.174. The number of nitrogens with one attached hydrogen (secondary N) is 1. The van der Waals surface area contributed by atoms with Gasteiger partial charge in [-0.3, -0.25) is 24.7 Å². The Bertz CT molecular complexity index is 1130. The Morgan fingerprint density at radius 3 is 2.31 bits per heavy atom. The Labute approximate surface area is 184 Å². The van der Waals surface area contributed by atoms with Gasteiger partial charge in [-0.1, -0.05) is 6.07 Å². The Kier molecular flexibility index (Phi) is 6.07. The molecule has 3 aromatic rings. The summed E-state index contributed by atoms with van der Waals surface area (Å²) in [6, 6.07) is 16.6. The van der Waals surface area contributed by atoms with Crippen molar-refractivity contribution < 1.29 is 14.5 Å². The van der Waals surface area contributed by atoms with E-state index in [0.717, 1.165) is 5.69 Å². The first-order valence-electron chi connectivity index (χ1n) is 10.1. The van der Waals surface area contributed by atoms with Crippen LogP contribution in [0.1, 0.15) is 20.7 Å². The van der Waals surface area contributed by atoms with Gasteiger partial charge >= 0.3 is 0 Å². The largest absolute Gasteiger partial charge is 0.368 e. The van der Waals surface area contributed by atoms with Crippen molar-refractivity contribution in [3.8, 4) is 0 Å². The predicted octanol–water partition coefficient (Wildman–Crippen LogP) is 3.20. The third-order valence-corrected chi connectivity index (χ3v) is 5.28. The van der Waals surface area contributed by atoms with Gasteiger partial charge in [0.15, 0.2) is 0 Å². The van der Waals surface area contributed by atoms with E-state index in [9.17, 15) is 19.7 Å². The Morgan fingerprint density at radius 2 is 1.66 bits per heavy atom. The summed E-state index contributed by atoms with van der Waals surface area (Å²) in [6.07, 6.45) is 3.08. The first-order valence-corrected chi connectivity index (χ1v) is 10.1. The van der Waals surface area contributed by atoms with E-state index in [1.165, 1.54) is 18.3 Å². The molecule has 1 aliphatic rings. The van der Waals surface area contributed by atoms with E-state index in [1.807, 2.05) is 0 Å². The molecule has 9 heteroatoms. The molecular formula is C23H21N5O4. The van der Waals surface area contributed by atoms with Crippen molar-refractivity contribution in [3.05, 3.63) is 94.3 Å². The molecule has 2 heterocycles. The van der Waals surface area contributed by atoms with Gasteiger partial charge in [0.05, 0.1) is 10.5 Å². The highest BCUT2D eigenvalue weighted by molar-refractivity contribution is 6.05. The standard InChI is InChI=1S/C23H21N5O4/c29-22(18-4-2-10-24-16-18)25-19-5-1-3-17(15-19)23(30)27-13-11-26(12-14-27)20-6-8-21(9-7-20)28(31)32/h1-10,15-16H,11-14H2,(H,25,29). The second kappa shape index (κ2) is 9.25. The molecule has 0 spiro atoms. The van der Waals surface area contributed by atoms with Crippen LogP contribution in [0, 0.1) is 10.1 Å². The number of aromatic nitrogens is 1. The van der Waals surface area contributed by atoms with E-state index in [0.29, 0.717) is 43.0 Å². The van der Waals surface area contributed by atoms with Crippen molar-refractivity contribution in [2.45, 2.75) is 0 Å². The van der Waals surface area contributed by atoms with Crippen LogP contribution < -0.4 is 10.2 Å². The van der Waals surface area contributed by atoms with Gasteiger partial charge in [0.1, 0.15) is 0 Å². The number of anilines is 2. The normalized spacial score (nSPS) is 13.5. The third-order valence-electron chi connectivity index (χ3n) is 5.28. The molecule has 162 valence electrons. The average molecular weight is 431 g/mol. The SMILES string of the molecule is O=C(Nc1cccc(C(=O)N2CCN(c3ccc([N+](=O)[O-])cc3)CC2)c1)c1cccnc1. The van der Waals surface area contributed by atoms with E-state index in [4.69, 9.17) is 0 Å². The molecule has 1 saturated heterocycles. The first kappa shape index (κ1) is 21.0. The molecule has 0 saturated carbocycles. The number of pyridine rings is 1. The number of amides is 2. The van der Waals surface area contributed by atoms with Gasteiger partial charge in [-0.2, -0.15) is 0 Å². The van der Waals surface area contributed by atoms with E-state index in [-0.39, 0.29) is 17.5 Å². The lowest BCUT2D eigenvalue weighted by Gasteiger charge is -2.36. The summed E-state index contributed by atoms with van der Waals surface area (Å²) < 4.78 is 0. The molecule has 1 aliphatic heterocycles. The number of non-ortho nitro benzene ring substituents is 1. The smallest absolute Gasteiger partial charge is 0.269 e. The number of carbonyl (C=O) groups excluding carboxylic acids is 2. The van der Waals surface area contributed by atoms with Gasteiger partial charge < -0.3 is 15.1 Å². The topological polar surface area (TPSA) is 109 Å². The molecule has 0 unspecified atom stereocenters. The maximum Gasteiger partial charge on any atom is 0.269 e. The number of nitrogens with zero attached hydrogens (tertiary/aromatic N) is 4. The van der Waals surface area contributed by atoms with Crippen LogP contribution in [-0.4, -0.2) is 52.8 Å². The van der Waals surface area contributed by atoms with Gasteiger partial charge in [-0.05, 0) is 42.5 Å². The lowest BCUT2D eigenvalue weighted by molar-refractivity contribution is -0.384. The Morgan fingerprint density at radius 1 is 0.938 bits per heavy atom. The molecule has 0 aliphatic carbocycles. The van der Waals surface area contributed by atoms with Crippen LogP contribution in [0.3, 0.4) is 0 Å². The lowest BCUT2D eigenvalue weighted by Crippen LogP contribution is -2.48. The third kappa shape index (κ3) is 4.72. The number of rotatable bonds is 5. The monoisotopic (exact) mass is 431 g/mol. The molecule has 1 N–H and O–H groups in total. The number of carbonyl (C=O) groups is 2. The van der Waals surface area contributed by atoms with Crippen molar-refractivity contribution in [3.63, 3.8) is 0 Å². The molecule has 1 fully saturated rings. The van der Waals surface area contributed by atoms with Crippen molar-refractivity contribution in [2.24, 2.45) is 0 Å². The van der Waals surface area contributed by atoms with Gasteiger partial charge in [-0.15, -0.1) is 0 Å². The predicted molar refractivity (Wildman–Crippen MR) is 120 cm³/mol. The second-order valence-electron chi connectivity index (χ2n) is 7.33. The maximum absolute atomic E-state index is 13.0. The summed E-state index contributed by atoms with van der Waals surface area (Å²) in [5.74, 6) is -0.398. The van der Waals surface area contributed by atoms with Crippen LogP contribution in [0.25, 0.3) is 0 Å². The Hall–Kier alpha value is -4.27. The fourth-order valence-corrected chi connectivity index (χ4v) is 3.57. The minimum Gasteiger partial charge on any atom is -0.368 e. The van der Waals surface area contributed by atoms with Crippen LogP contribution in [0.2, 0.25) is 0 Å². The molecule has 4 rings (SSSR count). The Balaban J connectivity index is 1.37. The summed E-state index contributed by atoms with van der Waals surface area (Å²) in [4.78, 5) is 43.5. The fourth-order valence-electron chi connectivity index (χ4n) is 3.57. The van der Waals surface area contributed by atoms with E-state index in [2.05, 4.69) is 15.2 Å². The van der Waals surface area contributed by atoms with Crippen molar-refractivity contribution in [2.75, 3.05) is 36.4 Å².